The molecule has 1 N–H and O–H groups in total. The van der Waals surface area contributed by atoms with Gasteiger partial charge in [-0.1, -0.05) is 6.07 Å². The van der Waals surface area contributed by atoms with Gasteiger partial charge in [-0.05, 0) is 44.5 Å². The molecule has 0 spiro atoms. The second-order valence-corrected chi connectivity index (χ2v) is 5.30. The molecule has 4 nitrogen and oxygen atoms in total. The van der Waals surface area contributed by atoms with E-state index in [1.54, 1.807) is 7.11 Å². The Bertz CT molecular complexity index is 392. The zero-order valence-electron chi connectivity index (χ0n) is 12.6. The van der Waals surface area contributed by atoms with Crippen molar-refractivity contribution >= 4 is 5.69 Å². The molecule has 2 rings (SSSR count). The van der Waals surface area contributed by atoms with Crippen LogP contribution in [-0.2, 0) is 4.74 Å². The second-order valence-electron chi connectivity index (χ2n) is 5.30. The number of hydrogen-bond donors (Lipinski definition) is 1. The highest BCUT2D eigenvalue weighted by Gasteiger charge is 2.12. The maximum atomic E-state index is 5.92. The van der Waals surface area contributed by atoms with E-state index in [1.807, 2.05) is 12.1 Å². The molecule has 0 atom stereocenters. The van der Waals surface area contributed by atoms with Crippen LogP contribution in [0.5, 0.6) is 5.75 Å². The molecule has 0 amide bonds. The van der Waals surface area contributed by atoms with Crippen molar-refractivity contribution in [2.45, 2.75) is 25.4 Å². The van der Waals surface area contributed by atoms with Gasteiger partial charge >= 0.3 is 0 Å². The molecular formula is C16H26N2O2. The summed E-state index contributed by atoms with van der Waals surface area (Å²) < 4.78 is 11.2. The van der Waals surface area contributed by atoms with E-state index < -0.39 is 0 Å². The summed E-state index contributed by atoms with van der Waals surface area (Å²) in [7, 11) is 3.81. The first-order chi connectivity index (χ1) is 9.79. The minimum Gasteiger partial charge on any atom is -0.497 e. The maximum absolute atomic E-state index is 5.92. The Hall–Kier alpha value is -1.26. The van der Waals surface area contributed by atoms with Gasteiger partial charge < -0.3 is 19.7 Å². The molecule has 0 aromatic heterocycles. The van der Waals surface area contributed by atoms with E-state index in [0.717, 1.165) is 51.3 Å². The molecule has 1 saturated heterocycles. The van der Waals surface area contributed by atoms with Gasteiger partial charge in [-0.15, -0.1) is 0 Å². The molecule has 112 valence electrons. The third-order valence-electron chi connectivity index (χ3n) is 3.77. The van der Waals surface area contributed by atoms with Crippen LogP contribution in [-0.4, -0.2) is 46.5 Å². The zero-order valence-corrected chi connectivity index (χ0v) is 12.6. The standard InChI is InChI=1S/C16H26N2O2/c1-18(14-5-3-6-16(13-14)19-2)11-4-12-20-15-7-9-17-10-8-15/h3,5-6,13,15,17H,4,7-12H2,1-2H3. The summed E-state index contributed by atoms with van der Waals surface area (Å²) in [6.07, 6.45) is 3.80. The quantitative estimate of drug-likeness (QED) is 0.776. The minimum atomic E-state index is 0.457. The van der Waals surface area contributed by atoms with Crippen LogP contribution in [0.3, 0.4) is 0 Å². The topological polar surface area (TPSA) is 33.7 Å². The van der Waals surface area contributed by atoms with E-state index in [-0.39, 0.29) is 0 Å². The fourth-order valence-electron chi connectivity index (χ4n) is 2.49. The monoisotopic (exact) mass is 278 g/mol. The van der Waals surface area contributed by atoms with Gasteiger partial charge in [0.05, 0.1) is 13.2 Å². The molecule has 1 aliphatic rings. The fraction of sp³-hybridized carbons (Fsp3) is 0.625. The van der Waals surface area contributed by atoms with Gasteiger partial charge in [0.15, 0.2) is 0 Å². The van der Waals surface area contributed by atoms with Crippen molar-refractivity contribution in [2.24, 2.45) is 0 Å². The van der Waals surface area contributed by atoms with Gasteiger partial charge in [-0.25, -0.2) is 0 Å². The number of ether oxygens (including phenoxy) is 2. The van der Waals surface area contributed by atoms with Gasteiger partial charge in [0.1, 0.15) is 5.75 Å². The van der Waals surface area contributed by atoms with Crippen molar-refractivity contribution in [1.29, 1.82) is 0 Å². The molecular weight excluding hydrogens is 252 g/mol. The van der Waals surface area contributed by atoms with Crippen LogP contribution >= 0.6 is 0 Å². The molecule has 0 radical (unpaired) electrons. The van der Waals surface area contributed by atoms with Gasteiger partial charge in [0, 0.05) is 32.0 Å². The van der Waals surface area contributed by atoms with Crippen LogP contribution in [0.15, 0.2) is 24.3 Å². The lowest BCUT2D eigenvalue weighted by Gasteiger charge is -2.24. The van der Waals surface area contributed by atoms with Gasteiger partial charge in [0.2, 0.25) is 0 Å². The first-order valence-corrected chi connectivity index (χ1v) is 7.47. The number of methoxy groups -OCH3 is 1. The van der Waals surface area contributed by atoms with Crippen LogP contribution in [0.2, 0.25) is 0 Å². The van der Waals surface area contributed by atoms with Crippen LogP contribution in [0.25, 0.3) is 0 Å². The average Bonchev–Trinajstić information content (AvgIpc) is 2.52. The lowest BCUT2D eigenvalue weighted by Crippen LogP contribution is -2.33. The van der Waals surface area contributed by atoms with Crippen molar-refractivity contribution in [3.63, 3.8) is 0 Å². The Morgan fingerprint density at radius 2 is 2.10 bits per heavy atom. The molecule has 4 heteroatoms. The normalized spacial score (nSPS) is 16.1. The lowest BCUT2D eigenvalue weighted by molar-refractivity contribution is 0.0324. The van der Waals surface area contributed by atoms with Gasteiger partial charge in [0.25, 0.3) is 0 Å². The molecule has 20 heavy (non-hydrogen) atoms. The summed E-state index contributed by atoms with van der Waals surface area (Å²) >= 11 is 0. The molecule has 0 bridgehead atoms. The molecule has 0 unspecified atom stereocenters. The Labute approximate surface area is 122 Å². The molecule has 0 aliphatic carbocycles. The Morgan fingerprint density at radius 3 is 2.85 bits per heavy atom. The predicted molar refractivity (Wildman–Crippen MR) is 82.7 cm³/mol. The van der Waals surface area contributed by atoms with Crippen LogP contribution in [0.4, 0.5) is 5.69 Å². The van der Waals surface area contributed by atoms with E-state index >= 15 is 0 Å². The molecule has 0 saturated carbocycles. The number of nitrogens with zero attached hydrogens (tertiary/aromatic N) is 1. The van der Waals surface area contributed by atoms with Crippen LogP contribution < -0.4 is 15.0 Å². The van der Waals surface area contributed by atoms with Crippen LogP contribution in [0.1, 0.15) is 19.3 Å². The van der Waals surface area contributed by atoms with Crippen molar-refractivity contribution in [2.75, 3.05) is 45.3 Å². The fourth-order valence-corrected chi connectivity index (χ4v) is 2.49. The van der Waals surface area contributed by atoms with Crippen molar-refractivity contribution in [3.8, 4) is 5.75 Å². The van der Waals surface area contributed by atoms with E-state index in [0.29, 0.717) is 6.10 Å². The number of anilines is 1. The van der Waals surface area contributed by atoms with E-state index in [9.17, 15) is 0 Å². The van der Waals surface area contributed by atoms with Crippen molar-refractivity contribution < 1.29 is 9.47 Å². The Morgan fingerprint density at radius 1 is 1.30 bits per heavy atom. The molecule has 1 aromatic rings. The Balaban J connectivity index is 1.67. The molecule has 1 fully saturated rings. The highest BCUT2D eigenvalue weighted by Crippen LogP contribution is 2.20. The van der Waals surface area contributed by atoms with E-state index in [1.165, 1.54) is 5.69 Å². The minimum absolute atomic E-state index is 0.457. The van der Waals surface area contributed by atoms with Crippen molar-refractivity contribution in [3.05, 3.63) is 24.3 Å². The summed E-state index contributed by atoms with van der Waals surface area (Å²) in [4.78, 5) is 2.24. The molecule has 1 aromatic carbocycles. The molecule has 1 aliphatic heterocycles. The highest BCUT2D eigenvalue weighted by atomic mass is 16.5. The second kappa shape index (κ2) is 8.12. The number of hydrogen-bond acceptors (Lipinski definition) is 4. The summed E-state index contributed by atoms with van der Waals surface area (Å²) in [5.74, 6) is 0.903. The molecule has 1 heterocycles. The number of piperidine rings is 1. The summed E-state index contributed by atoms with van der Waals surface area (Å²) in [5, 5.41) is 3.36. The number of nitrogens with one attached hydrogen (secondary N) is 1. The SMILES string of the molecule is COc1cccc(N(C)CCCOC2CCNCC2)c1. The average molecular weight is 278 g/mol. The smallest absolute Gasteiger partial charge is 0.120 e. The summed E-state index contributed by atoms with van der Waals surface area (Å²) in [6.45, 7) is 4.03. The summed E-state index contributed by atoms with van der Waals surface area (Å²) in [6, 6.07) is 8.16. The summed E-state index contributed by atoms with van der Waals surface area (Å²) in [5.41, 5.74) is 1.19. The van der Waals surface area contributed by atoms with E-state index in [4.69, 9.17) is 9.47 Å². The van der Waals surface area contributed by atoms with Crippen LogP contribution in [0, 0.1) is 0 Å². The zero-order chi connectivity index (χ0) is 14.2. The third-order valence-corrected chi connectivity index (χ3v) is 3.77. The third kappa shape index (κ3) is 4.69. The maximum Gasteiger partial charge on any atom is 0.120 e. The first kappa shape index (κ1) is 15.1. The highest BCUT2D eigenvalue weighted by molar-refractivity contribution is 5.49. The number of rotatable bonds is 7. The largest absolute Gasteiger partial charge is 0.497 e. The first-order valence-electron chi connectivity index (χ1n) is 7.47. The van der Waals surface area contributed by atoms with Crippen molar-refractivity contribution in [1.82, 2.24) is 5.32 Å². The lowest BCUT2D eigenvalue weighted by atomic mass is 10.1. The van der Waals surface area contributed by atoms with Gasteiger partial charge in [-0.3, -0.25) is 0 Å². The van der Waals surface area contributed by atoms with Gasteiger partial charge in [-0.2, -0.15) is 0 Å². The van der Waals surface area contributed by atoms with E-state index in [2.05, 4.69) is 29.4 Å². The predicted octanol–water partition coefficient (Wildman–Crippen LogP) is 2.29. The Kier molecular flexibility index (Phi) is 6.15. The number of benzene rings is 1.